The molecule has 1 aliphatic carbocycles. The Kier molecular flexibility index (Phi) is 4.54. The van der Waals surface area contributed by atoms with Crippen molar-refractivity contribution in [2.75, 3.05) is 13.1 Å². The predicted molar refractivity (Wildman–Crippen MR) is 125 cm³/mol. The van der Waals surface area contributed by atoms with Gasteiger partial charge in [-0.2, -0.15) is 0 Å². The van der Waals surface area contributed by atoms with Crippen LogP contribution < -0.4 is 0 Å². The summed E-state index contributed by atoms with van der Waals surface area (Å²) in [5, 5.41) is -0.670. The van der Waals surface area contributed by atoms with E-state index < -0.39 is 5.60 Å². The Balaban J connectivity index is 1.65. The molecular formula is C20H28B4N2O4. The van der Waals surface area contributed by atoms with Gasteiger partial charge in [-0.3, -0.25) is 14.5 Å². The van der Waals surface area contributed by atoms with Crippen LogP contribution in [0.5, 0.6) is 0 Å². The van der Waals surface area contributed by atoms with Crippen molar-refractivity contribution in [3.63, 3.8) is 0 Å². The third kappa shape index (κ3) is 2.94. The highest BCUT2D eigenvalue weighted by Gasteiger charge is 2.65. The number of carbonyl (C=O) groups is 3. The Morgan fingerprint density at radius 3 is 1.80 bits per heavy atom. The van der Waals surface area contributed by atoms with Crippen LogP contribution in [-0.2, 0) is 4.74 Å². The largest absolute Gasteiger partial charge is 0.444 e. The summed E-state index contributed by atoms with van der Waals surface area (Å²) in [5.74, 6) is -0.0555. The molecule has 0 aromatic heterocycles. The Morgan fingerprint density at radius 2 is 1.40 bits per heavy atom. The van der Waals surface area contributed by atoms with Gasteiger partial charge >= 0.3 is 6.09 Å². The van der Waals surface area contributed by atoms with E-state index in [1.165, 1.54) is 4.90 Å². The minimum absolute atomic E-state index is 0.175. The maximum absolute atomic E-state index is 13.2. The van der Waals surface area contributed by atoms with Crippen molar-refractivity contribution >= 4 is 49.3 Å². The van der Waals surface area contributed by atoms with E-state index >= 15 is 0 Å². The first-order valence-corrected chi connectivity index (χ1v) is 10.7. The van der Waals surface area contributed by atoms with Crippen molar-refractivity contribution in [2.45, 2.75) is 42.8 Å². The lowest BCUT2D eigenvalue weighted by atomic mass is 9.41. The maximum Gasteiger partial charge on any atom is 0.410 e. The van der Waals surface area contributed by atoms with E-state index in [0.29, 0.717) is 24.2 Å². The SMILES string of the molecule is BC1(B)[C@H](N2C(=O)c3ccccc3C2=O)C(B)(B)[C@H]2CN(C(=O)OC(C)(C)C)C[C@H]21. The van der Waals surface area contributed by atoms with Gasteiger partial charge in [0.25, 0.3) is 11.8 Å². The van der Waals surface area contributed by atoms with Crippen LogP contribution in [-0.4, -0.2) is 83.8 Å². The summed E-state index contributed by atoms with van der Waals surface area (Å²) in [5.41, 5.74) is 0.436. The standard InChI is InChI=1S/C20H28B4N2O4/c1-18(2,3)30-17(29)25-8-12-13(9-25)20(23,24)16(19(12,21)22)26-14(27)10-6-4-5-7-11(10)15(26)28/h4-7,12-13,16H,8-9,21-24H2,1-3H3/t12-,13+,16+. The highest BCUT2D eigenvalue weighted by atomic mass is 16.6. The van der Waals surface area contributed by atoms with Gasteiger partial charge in [0.05, 0.1) is 11.1 Å². The lowest BCUT2D eigenvalue weighted by molar-refractivity contribution is 0.0265. The number of benzene rings is 1. The molecule has 2 heterocycles. The van der Waals surface area contributed by atoms with Crippen LogP contribution >= 0.6 is 0 Å². The maximum atomic E-state index is 13.2. The van der Waals surface area contributed by atoms with Gasteiger partial charge in [0.1, 0.15) is 37.0 Å². The first kappa shape index (κ1) is 21.1. The monoisotopic (exact) mass is 404 g/mol. The molecule has 3 atom stereocenters. The van der Waals surface area contributed by atoms with Gasteiger partial charge in [0.15, 0.2) is 0 Å². The fourth-order valence-corrected chi connectivity index (χ4v) is 6.26. The van der Waals surface area contributed by atoms with Crippen molar-refractivity contribution in [1.29, 1.82) is 0 Å². The van der Waals surface area contributed by atoms with E-state index in [0.717, 1.165) is 0 Å². The number of rotatable bonds is 1. The molecule has 0 bridgehead atoms. The second kappa shape index (κ2) is 6.44. The summed E-state index contributed by atoms with van der Waals surface area (Å²) in [4.78, 5) is 42.5. The highest BCUT2D eigenvalue weighted by Crippen LogP contribution is 2.64. The molecule has 2 aliphatic heterocycles. The number of nitrogens with zero attached hydrogens (tertiary/aromatic N) is 2. The van der Waals surface area contributed by atoms with Crippen molar-refractivity contribution < 1.29 is 19.1 Å². The van der Waals surface area contributed by atoms with Crippen molar-refractivity contribution in [2.24, 2.45) is 11.8 Å². The van der Waals surface area contributed by atoms with Gasteiger partial charge < -0.3 is 9.64 Å². The van der Waals surface area contributed by atoms with Crippen molar-refractivity contribution in [3.05, 3.63) is 35.4 Å². The Bertz CT molecular complexity index is 884. The zero-order valence-corrected chi connectivity index (χ0v) is 19.0. The summed E-state index contributed by atoms with van der Waals surface area (Å²) in [6.45, 7) is 6.77. The molecule has 4 rings (SSSR count). The van der Waals surface area contributed by atoms with Gasteiger partial charge in [-0.25, -0.2) is 4.79 Å². The zero-order valence-electron chi connectivity index (χ0n) is 19.0. The fraction of sp³-hybridized carbons (Fsp3) is 0.550. The second-order valence-corrected chi connectivity index (χ2v) is 11.2. The van der Waals surface area contributed by atoms with E-state index in [1.807, 2.05) is 20.8 Å². The third-order valence-electron chi connectivity index (χ3n) is 7.38. The normalized spacial score (nSPS) is 29.1. The third-order valence-corrected chi connectivity index (χ3v) is 7.38. The molecule has 3 aliphatic rings. The van der Waals surface area contributed by atoms with Gasteiger partial charge in [-0.15, -0.1) is 0 Å². The quantitative estimate of drug-likeness (QED) is 0.442. The lowest BCUT2D eigenvalue weighted by Gasteiger charge is -2.44. The number of ether oxygens (including phenoxy) is 1. The lowest BCUT2D eigenvalue weighted by Crippen LogP contribution is -2.53. The van der Waals surface area contributed by atoms with Gasteiger partial charge in [-0.05, 0) is 44.7 Å². The molecule has 0 N–H and O–H groups in total. The van der Waals surface area contributed by atoms with E-state index in [2.05, 4.69) is 31.4 Å². The number of carbonyl (C=O) groups excluding carboxylic acids is 3. The van der Waals surface area contributed by atoms with Gasteiger partial charge in [-0.1, -0.05) is 22.6 Å². The number of fused-ring (bicyclic) bond motifs is 2. The Hall–Kier alpha value is -2.11. The van der Waals surface area contributed by atoms with Crippen molar-refractivity contribution in [1.82, 2.24) is 9.80 Å². The first-order chi connectivity index (χ1) is 13.8. The average Bonchev–Trinajstić information content (AvgIpc) is 3.22. The smallest absolute Gasteiger partial charge is 0.410 e. The molecular weight excluding hydrogens is 375 g/mol. The summed E-state index contributed by atoms with van der Waals surface area (Å²) in [7, 11) is 8.52. The molecule has 1 saturated heterocycles. The zero-order chi connectivity index (χ0) is 22.2. The molecule has 10 heteroatoms. The molecule has 6 nitrogen and oxygen atoms in total. The molecule has 154 valence electrons. The molecule has 1 aromatic rings. The van der Waals surface area contributed by atoms with Crippen LogP contribution in [0.25, 0.3) is 0 Å². The molecule has 2 fully saturated rings. The van der Waals surface area contributed by atoms with E-state index in [-0.39, 0.29) is 46.2 Å². The molecule has 1 aromatic carbocycles. The molecule has 30 heavy (non-hydrogen) atoms. The number of amides is 3. The number of hydrogen-bond donors (Lipinski definition) is 0. The molecule has 1 saturated carbocycles. The van der Waals surface area contributed by atoms with Crippen LogP contribution in [0.1, 0.15) is 41.5 Å². The predicted octanol–water partition coefficient (Wildman–Crippen LogP) is -1.09. The molecule has 3 amide bonds. The average molecular weight is 404 g/mol. The van der Waals surface area contributed by atoms with Crippen LogP contribution in [0.3, 0.4) is 0 Å². The van der Waals surface area contributed by atoms with Crippen LogP contribution in [0.2, 0.25) is 10.4 Å². The summed E-state index contributed by atoms with van der Waals surface area (Å²) in [6.07, 6.45) is -0.291. The van der Waals surface area contributed by atoms with E-state index in [9.17, 15) is 14.4 Å². The van der Waals surface area contributed by atoms with E-state index in [4.69, 9.17) is 4.74 Å². The molecule has 0 unspecified atom stereocenters. The molecule has 0 spiro atoms. The fourth-order valence-electron chi connectivity index (χ4n) is 6.26. The summed E-state index contributed by atoms with van der Waals surface area (Å²) in [6, 6.07) is 6.82. The summed E-state index contributed by atoms with van der Waals surface area (Å²) >= 11 is 0. The van der Waals surface area contributed by atoms with Crippen LogP contribution in [0.15, 0.2) is 24.3 Å². The van der Waals surface area contributed by atoms with Gasteiger partial charge in [0.2, 0.25) is 0 Å². The van der Waals surface area contributed by atoms with Crippen LogP contribution in [0, 0.1) is 11.8 Å². The first-order valence-electron chi connectivity index (χ1n) is 10.7. The Morgan fingerprint density at radius 1 is 0.967 bits per heavy atom. The number of hydrogen-bond acceptors (Lipinski definition) is 4. The van der Waals surface area contributed by atoms with E-state index in [1.54, 1.807) is 29.2 Å². The second-order valence-electron chi connectivity index (χ2n) is 11.2. The minimum Gasteiger partial charge on any atom is -0.444 e. The topological polar surface area (TPSA) is 66.9 Å². The Labute approximate surface area is 181 Å². The van der Waals surface area contributed by atoms with Gasteiger partial charge in [0, 0.05) is 19.1 Å². The summed E-state index contributed by atoms with van der Waals surface area (Å²) < 4.78 is 5.59. The van der Waals surface area contributed by atoms with Crippen LogP contribution in [0.4, 0.5) is 4.79 Å². The van der Waals surface area contributed by atoms with Crippen molar-refractivity contribution in [3.8, 4) is 0 Å². The molecule has 0 radical (unpaired) electrons. The minimum atomic E-state index is -0.539. The highest BCUT2D eigenvalue weighted by molar-refractivity contribution is 6.48. The number of imide groups is 1. The number of likely N-dealkylation sites (tertiary alicyclic amines) is 1.